The fraction of sp³-hybridized carbons (Fsp3) is 0.457. The van der Waals surface area contributed by atoms with Gasteiger partial charge in [0.1, 0.15) is 36.1 Å². The molecular weight excluding hydrogens is 584 g/mol. The van der Waals surface area contributed by atoms with E-state index in [1.54, 1.807) is 7.11 Å². The Kier molecular flexibility index (Phi) is 12.2. The Morgan fingerprint density at radius 3 is 2.63 bits per heavy atom. The summed E-state index contributed by atoms with van der Waals surface area (Å²) in [5.41, 5.74) is 7.13. The number of aromatic nitrogens is 2. The van der Waals surface area contributed by atoms with Gasteiger partial charge in [0.2, 0.25) is 5.88 Å². The molecule has 248 valence electrons. The second kappa shape index (κ2) is 16.3. The number of amidine groups is 1. The van der Waals surface area contributed by atoms with Crippen molar-refractivity contribution in [3.8, 4) is 23.1 Å². The van der Waals surface area contributed by atoms with Crippen LogP contribution in [0.3, 0.4) is 0 Å². The largest absolute Gasteiger partial charge is 0.512 e. The number of nitrogens with zero attached hydrogens (tertiary/aromatic N) is 4. The number of ether oxygens (including phenoxy) is 3. The third-order valence-electron chi connectivity index (χ3n) is 7.76. The summed E-state index contributed by atoms with van der Waals surface area (Å²) in [7, 11) is 1.61. The Bertz CT molecular complexity index is 1540. The van der Waals surface area contributed by atoms with Gasteiger partial charge in [-0.1, -0.05) is 40.2 Å². The molecule has 0 spiro atoms. The Morgan fingerprint density at radius 2 is 1.93 bits per heavy atom. The van der Waals surface area contributed by atoms with Gasteiger partial charge in [0, 0.05) is 42.5 Å². The monoisotopic (exact) mass is 632 g/mol. The number of aliphatic hydroxyl groups excluding tert-OH is 2. The Balaban J connectivity index is 1.51. The number of benzene rings is 2. The van der Waals surface area contributed by atoms with E-state index in [2.05, 4.69) is 32.1 Å². The molecule has 2 heterocycles. The summed E-state index contributed by atoms with van der Waals surface area (Å²) in [5, 5.41) is 23.8. The maximum Gasteiger partial charge on any atom is 0.230 e. The molecule has 1 saturated heterocycles. The summed E-state index contributed by atoms with van der Waals surface area (Å²) < 4.78 is 18.1. The number of hydrogen-bond donors (Lipinski definition) is 4. The molecular formula is C35H48N6O5. The second-order valence-corrected chi connectivity index (χ2v) is 12.5. The number of methoxy groups -OCH3 is 1. The second-order valence-electron chi connectivity index (χ2n) is 12.5. The lowest BCUT2D eigenvalue weighted by molar-refractivity contribution is 0.118. The molecule has 2 aromatic carbocycles. The minimum Gasteiger partial charge on any atom is -0.512 e. The maximum absolute atomic E-state index is 10.4. The van der Waals surface area contributed by atoms with E-state index in [1.165, 1.54) is 12.4 Å². The molecule has 4 rings (SSSR count). The van der Waals surface area contributed by atoms with Gasteiger partial charge in [0.25, 0.3) is 0 Å². The standard InChI is InChI=1S/C35H48N6O5/c1-6-7-11-33(40-32(36)21-31(43)35(2,3)4)39-25-9-8-10-26(18-25)46-34-27-19-30(29(44-5)20-28(27)37-23-38-34)45-17-16-41-14-12-24(22-42)13-15-41/h8-11,18-21,23-24,39,42-43H,6-7,12-17,22H2,1-5H3,(H2,36,40)/b31-21-,33-11-. The zero-order chi connectivity index (χ0) is 33.1. The van der Waals surface area contributed by atoms with Gasteiger partial charge in [-0.2, -0.15) is 0 Å². The number of anilines is 1. The van der Waals surface area contributed by atoms with Gasteiger partial charge in [0.05, 0.1) is 18.0 Å². The van der Waals surface area contributed by atoms with Crippen molar-refractivity contribution >= 4 is 22.4 Å². The summed E-state index contributed by atoms with van der Waals surface area (Å²) in [6, 6.07) is 11.1. The average molecular weight is 633 g/mol. The highest BCUT2D eigenvalue weighted by Gasteiger charge is 2.19. The lowest BCUT2D eigenvalue weighted by Crippen LogP contribution is -2.37. The van der Waals surface area contributed by atoms with E-state index in [1.807, 2.05) is 63.2 Å². The van der Waals surface area contributed by atoms with Gasteiger partial charge >= 0.3 is 0 Å². The Hall–Kier alpha value is -4.35. The third kappa shape index (κ3) is 9.82. The maximum atomic E-state index is 10.4. The number of rotatable bonds is 14. The van der Waals surface area contributed by atoms with Crippen molar-refractivity contribution in [1.82, 2.24) is 14.9 Å². The molecule has 1 aromatic heterocycles. The molecule has 0 aliphatic carbocycles. The van der Waals surface area contributed by atoms with Gasteiger partial charge < -0.3 is 35.5 Å². The molecule has 0 bridgehead atoms. The van der Waals surface area contributed by atoms with Crippen molar-refractivity contribution in [1.29, 1.82) is 0 Å². The number of aliphatic hydroxyl groups is 2. The average Bonchev–Trinajstić information content (AvgIpc) is 3.03. The highest BCUT2D eigenvalue weighted by molar-refractivity contribution is 5.92. The fourth-order valence-corrected chi connectivity index (χ4v) is 4.90. The van der Waals surface area contributed by atoms with Crippen molar-refractivity contribution < 1.29 is 24.4 Å². The van der Waals surface area contributed by atoms with E-state index in [9.17, 15) is 10.2 Å². The topological polar surface area (TPSA) is 148 Å². The van der Waals surface area contributed by atoms with Crippen LogP contribution in [0.15, 0.2) is 71.5 Å². The van der Waals surface area contributed by atoms with E-state index >= 15 is 0 Å². The van der Waals surface area contributed by atoms with E-state index in [0.717, 1.165) is 51.0 Å². The molecule has 5 N–H and O–H groups in total. The number of unbranched alkanes of at least 4 members (excludes halogenated alkanes) is 1. The van der Waals surface area contributed by atoms with Crippen molar-refractivity contribution in [2.45, 2.75) is 53.4 Å². The number of allylic oxidation sites excluding steroid dienone is 2. The highest BCUT2D eigenvalue weighted by atomic mass is 16.5. The summed E-state index contributed by atoms with van der Waals surface area (Å²) >= 11 is 0. The van der Waals surface area contributed by atoms with Crippen LogP contribution in [0.5, 0.6) is 23.1 Å². The Morgan fingerprint density at radius 1 is 1.15 bits per heavy atom. The number of aliphatic imine (C=N–C) groups is 1. The predicted molar refractivity (Wildman–Crippen MR) is 183 cm³/mol. The van der Waals surface area contributed by atoms with E-state index in [0.29, 0.717) is 52.4 Å². The molecule has 11 nitrogen and oxygen atoms in total. The van der Waals surface area contributed by atoms with Crippen LogP contribution in [0.4, 0.5) is 5.69 Å². The first-order chi connectivity index (χ1) is 22.1. The minimum absolute atomic E-state index is 0.154. The Labute approximate surface area is 271 Å². The lowest BCUT2D eigenvalue weighted by atomic mass is 9.93. The van der Waals surface area contributed by atoms with Crippen LogP contribution in [0, 0.1) is 11.3 Å². The van der Waals surface area contributed by atoms with Gasteiger partial charge in [-0.3, -0.25) is 4.90 Å². The van der Waals surface area contributed by atoms with Crippen molar-refractivity contribution in [3.05, 3.63) is 66.5 Å². The molecule has 1 fully saturated rings. The van der Waals surface area contributed by atoms with Crippen LogP contribution in [0.1, 0.15) is 53.4 Å². The zero-order valence-corrected chi connectivity index (χ0v) is 27.6. The summed E-state index contributed by atoms with van der Waals surface area (Å²) in [5.74, 6) is 3.42. The molecule has 3 aromatic rings. The van der Waals surface area contributed by atoms with Crippen molar-refractivity contribution in [2.24, 2.45) is 22.1 Å². The van der Waals surface area contributed by atoms with Crippen LogP contribution in [0.2, 0.25) is 0 Å². The van der Waals surface area contributed by atoms with Crippen LogP contribution in [0.25, 0.3) is 10.9 Å². The molecule has 0 radical (unpaired) electrons. The summed E-state index contributed by atoms with van der Waals surface area (Å²) in [6.07, 6.45) is 8.64. The number of hydrogen-bond acceptors (Lipinski definition) is 10. The number of likely N-dealkylation sites (tertiary alicyclic amines) is 1. The van der Waals surface area contributed by atoms with Crippen molar-refractivity contribution in [3.63, 3.8) is 0 Å². The van der Waals surface area contributed by atoms with Gasteiger partial charge in [0.15, 0.2) is 11.5 Å². The van der Waals surface area contributed by atoms with Gasteiger partial charge in [-0.25, -0.2) is 15.0 Å². The van der Waals surface area contributed by atoms with E-state index < -0.39 is 5.41 Å². The molecule has 1 aliphatic rings. The first kappa shape index (κ1) is 34.5. The number of piperidine rings is 1. The van der Waals surface area contributed by atoms with Crippen LogP contribution in [-0.2, 0) is 0 Å². The zero-order valence-electron chi connectivity index (χ0n) is 27.6. The molecule has 11 heteroatoms. The predicted octanol–water partition coefficient (Wildman–Crippen LogP) is 6.41. The molecule has 0 amide bonds. The van der Waals surface area contributed by atoms with E-state index in [4.69, 9.17) is 19.9 Å². The van der Waals surface area contributed by atoms with Gasteiger partial charge in [-0.05, 0) is 62.5 Å². The molecule has 0 unspecified atom stereocenters. The minimum atomic E-state index is -0.436. The normalized spacial score (nSPS) is 15.7. The number of fused-ring (bicyclic) bond motifs is 1. The molecule has 1 aliphatic heterocycles. The van der Waals surface area contributed by atoms with Crippen LogP contribution in [-0.4, -0.2) is 70.9 Å². The number of nitrogens with two attached hydrogens (primary N) is 1. The molecule has 0 saturated carbocycles. The molecule has 46 heavy (non-hydrogen) atoms. The fourth-order valence-electron chi connectivity index (χ4n) is 4.90. The SMILES string of the molecule is CCC\C=C(/N=C(N)\C=C(/O)C(C)(C)C)Nc1cccc(Oc2ncnc3cc(OC)c(OCCN4CCC(CO)CC4)cc23)c1. The smallest absolute Gasteiger partial charge is 0.230 e. The summed E-state index contributed by atoms with van der Waals surface area (Å²) in [6.45, 7) is 11.2. The summed E-state index contributed by atoms with van der Waals surface area (Å²) in [4.78, 5) is 15.7. The molecule has 0 atom stereocenters. The van der Waals surface area contributed by atoms with Crippen molar-refractivity contribution in [2.75, 3.05) is 45.3 Å². The number of nitrogens with one attached hydrogen (secondary N) is 1. The van der Waals surface area contributed by atoms with Crippen LogP contribution < -0.4 is 25.3 Å². The third-order valence-corrected chi connectivity index (χ3v) is 7.76. The first-order valence-electron chi connectivity index (χ1n) is 15.9. The van der Waals surface area contributed by atoms with E-state index in [-0.39, 0.29) is 18.2 Å². The van der Waals surface area contributed by atoms with Gasteiger partial charge in [-0.15, -0.1) is 0 Å². The highest BCUT2D eigenvalue weighted by Crippen LogP contribution is 2.36. The quantitative estimate of drug-likeness (QED) is 0.0892. The first-order valence-corrected chi connectivity index (χ1v) is 15.9. The van der Waals surface area contributed by atoms with Crippen LogP contribution >= 0.6 is 0 Å². The lowest BCUT2D eigenvalue weighted by Gasteiger charge is -2.30.